The van der Waals surface area contributed by atoms with Crippen LogP contribution in [-0.4, -0.2) is 58.0 Å². The average Bonchev–Trinajstić information content (AvgIpc) is 3.50. The summed E-state index contributed by atoms with van der Waals surface area (Å²) < 4.78 is 7.23. The predicted octanol–water partition coefficient (Wildman–Crippen LogP) is 4.74. The lowest BCUT2D eigenvalue weighted by atomic mass is 9.87. The van der Waals surface area contributed by atoms with Crippen LogP contribution in [-0.2, 0) is 13.0 Å². The Kier molecular flexibility index (Phi) is 8.28. The van der Waals surface area contributed by atoms with E-state index in [4.69, 9.17) is 4.74 Å². The van der Waals surface area contributed by atoms with Crippen LogP contribution in [0.4, 0.5) is 4.79 Å². The van der Waals surface area contributed by atoms with Crippen LogP contribution in [0.5, 0.6) is 5.75 Å². The first-order valence-corrected chi connectivity index (χ1v) is 12.8. The molecule has 37 heavy (non-hydrogen) atoms. The topological polar surface area (TPSA) is 79.7 Å². The maximum atomic E-state index is 13.4. The van der Waals surface area contributed by atoms with Gasteiger partial charge in [-0.15, -0.1) is 0 Å². The summed E-state index contributed by atoms with van der Waals surface area (Å²) in [6.45, 7) is 8.64. The van der Waals surface area contributed by atoms with Crippen LogP contribution in [0.25, 0.3) is 0 Å². The number of hydrogen-bond acceptors (Lipinski definition) is 5. The number of methoxy groups -OCH3 is 1. The second-order valence-electron chi connectivity index (χ2n) is 10.7. The highest BCUT2D eigenvalue weighted by atomic mass is 16.5. The molecule has 196 valence electrons. The smallest absolute Gasteiger partial charge is 0.335 e. The van der Waals surface area contributed by atoms with Gasteiger partial charge in [0, 0.05) is 44.0 Å². The van der Waals surface area contributed by atoms with Gasteiger partial charge < -0.3 is 14.2 Å². The largest absolute Gasteiger partial charge is 0.497 e. The number of amides is 2. The van der Waals surface area contributed by atoms with Crippen molar-refractivity contribution in [3.63, 3.8) is 0 Å². The molecule has 0 spiro atoms. The number of Topliss-reactive ketones (excluding diaryl/α,β-unsaturated/α-hetero) is 1. The Morgan fingerprint density at radius 1 is 1.08 bits per heavy atom. The van der Waals surface area contributed by atoms with Gasteiger partial charge in [-0.3, -0.25) is 9.80 Å². The molecule has 1 atom stereocenters. The molecule has 2 heterocycles. The predicted molar refractivity (Wildman–Crippen MR) is 143 cm³/mol. The molecule has 4 rings (SSSR count). The molecule has 0 aliphatic carbocycles. The van der Waals surface area contributed by atoms with E-state index in [-0.39, 0.29) is 23.3 Å². The summed E-state index contributed by atoms with van der Waals surface area (Å²) in [7, 11) is 1.65. The third-order valence-electron chi connectivity index (χ3n) is 6.55. The van der Waals surface area contributed by atoms with Crippen molar-refractivity contribution in [2.24, 2.45) is 5.41 Å². The quantitative estimate of drug-likeness (QED) is 0.383. The zero-order valence-corrected chi connectivity index (χ0v) is 22.2. The van der Waals surface area contributed by atoms with Gasteiger partial charge in [-0.25, -0.2) is 15.2 Å². The number of carbonyl (C=O) groups is 2. The third-order valence-corrected chi connectivity index (χ3v) is 6.55. The monoisotopic (exact) mass is 503 g/mol. The maximum Gasteiger partial charge on any atom is 0.335 e. The normalized spacial score (nSPS) is 15.9. The van der Waals surface area contributed by atoms with Gasteiger partial charge >= 0.3 is 6.03 Å². The van der Waals surface area contributed by atoms with Crippen LogP contribution >= 0.6 is 0 Å². The lowest BCUT2D eigenvalue weighted by Gasteiger charge is -2.24. The number of urea groups is 1. The lowest BCUT2D eigenvalue weighted by molar-refractivity contribution is 0.0939. The molecule has 8 heteroatoms. The molecule has 3 aromatic rings. The van der Waals surface area contributed by atoms with Gasteiger partial charge in [0.15, 0.2) is 5.78 Å². The molecule has 1 saturated heterocycles. The number of rotatable bonds is 11. The summed E-state index contributed by atoms with van der Waals surface area (Å²) in [4.78, 5) is 32.1. The third kappa shape index (κ3) is 6.98. The summed E-state index contributed by atoms with van der Waals surface area (Å²) in [6, 6.07) is 15.6. The molecule has 1 aliphatic heterocycles. The Morgan fingerprint density at radius 3 is 2.43 bits per heavy atom. The van der Waals surface area contributed by atoms with E-state index in [2.05, 4.69) is 31.2 Å². The maximum absolute atomic E-state index is 13.4. The molecule has 2 amide bonds. The Bertz CT molecular complexity index is 1170. The van der Waals surface area contributed by atoms with Crippen LogP contribution in [0.3, 0.4) is 0 Å². The molecule has 8 nitrogen and oxygen atoms in total. The number of ether oxygens (including phenoxy) is 1. The first-order chi connectivity index (χ1) is 17.7. The van der Waals surface area contributed by atoms with Crippen molar-refractivity contribution >= 4 is 11.8 Å². The van der Waals surface area contributed by atoms with Crippen molar-refractivity contribution in [1.82, 2.24) is 24.9 Å². The van der Waals surface area contributed by atoms with Gasteiger partial charge in [0.2, 0.25) is 0 Å². The Hall–Kier alpha value is -3.65. The van der Waals surface area contributed by atoms with Gasteiger partial charge in [0.25, 0.3) is 0 Å². The Labute approximate surface area is 219 Å². The number of nitrogens with zero attached hydrogens (tertiary/aromatic N) is 4. The van der Waals surface area contributed by atoms with Crippen molar-refractivity contribution in [2.45, 2.75) is 46.2 Å². The molecule has 1 aliphatic rings. The van der Waals surface area contributed by atoms with Gasteiger partial charge in [-0.2, -0.15) is 0 Å². The van der Waals surface area contributed by atoms with Gasteiger partial charge in [0.05, 0.1) is 26.0 Å². The average molecular weight is 504 g/mol. The minimum Gasteiger partial charge on any atom is -0.497 e. The second-order valence-corrected chi connectivity index (χ2v) is 10.7. The van der Waals surface area contributed by atoms with Crippen LogP contribution in [0.1, 0.15) is 54.7 Å². The summed E-state index contributed by atoms with van der Waals surface area (Å²) in [5.41, 5.74) is 6.10. The molecule has 1 fully saturated rings. The van der Waals surface area contributed by atoms with E-state index < -0.39 is 0 Å². The Morgan fingerprint density at radius 2 is 1.81 bits per heavy atom. The summed E-state index contributed by atoms with van der Waals surface area (Å²) in [6.07, 6.45) is 6.64. The van der Waals surface area contributed by atoms with Crippen molar-refractivity contribution < 1.29 is 14.3 Å². The van der Waals surface area contributed by atoms with E-state index in [1.54, 1.807) is 24.6 Å². The van der Waals surface area contributed by atoms with Crippen molar-refractivity contribution in [3.8, 4) is 5.75 Å². The van der Waals surface area contributed by atoms with E-state index in [1.165, 1.54) is 0 Å². The first kappa shape index (κ1) is 26.4. The fourth-order valence-corrected chi connectivity index (χ4v) is 4.56. The summed E-state index contributed by atoms with van der Waals surface area (Å²) >= 11 is 0. The fourth-order valence-electron chi connectivity index (χ4n) is 4.56. The number of aromatic nitrogens is 2. The number of imidazole rings is 1. The van der Waals surface area contributed by atoms with Crippen LogP contribution in [0, 0.1) is 5.41 Å². The summed E-state index contributed by atoms with van der Waals surface area (Å²) in [5, 5.41) is 1.70. The van der Waals surface area contributed by atoms with E-state index in [0.29, 0.717) is 38.2 Å². The SMILES string of the molecule is COc1ccc(CCN2C(=O)N(NCCn3ccnc3)CC2c2ccc(C(=O)CC(C)(C)C)cc2)cc1. The first-order valence-electron chi connectivity index (χ1n) is 12.8. The number of ketones is 1. The van der Waals surface area contributed by atoms with Crippen LogP contribution in [0.15, 0.2) is 67.3 Å². The van der Waals surface area contributed by atoms with Crippen molar-refractivity contribution in [1.29, 1.82) is 0 Å². The van der Waals surface area contributed by atoms with E-state index in [0.717, 1.165) is 23.3 Å². The minimum absolute atomic E-state index is 0.0444. The molecule has 1 aromatic heterocycles. The zero-order chi connectivity index (χ0) is 26.4. The van der Waals surface area contributed by atoms with Crippen molar-refractivity contribution in [3.05, 3.63) is 83.9 Å². The number of hydrazine groups is 1. The van der Waals surface area contributed by atoms with Gasteiger partial charge in [-0.05, 0) is 35.1 Å². The van der Waals surface area contributed by atoms with E-state index in [1.807, 2.05) is 64.2 Å². The van der Waals surface area contributed by atoms with E-state index >= 15 is 0 Å². The van der Waals surface area contributed by atoms with Gasteiger partial charge in [0.1, 0.15) is 5.75 Å². The van der Waals surface area contributed by atoms with Crippen molar-refractivity contribution in [2.75, 3.05) is 26.7 Å². The highest BCUT2D eigenvalue weighted by Crippen LogP contribution is 2.30. The molecule has 0 saturated carbocycles. The highest BCUT2D eigenvalue weighted by molar-refractivity contribution is 5.96. The number of hydrogen-bond donors (Lipinski definition) is 1. The Balaban J connectivity index is 1.47. The molecule has 2 aromatic carbocycles. The molecule has 0 bridgehead atoms. The molecule has 1 unspecified atom stereocenters. The highest BCUT2D eigenvalue weighted by Gasteiger charge is 2.38. The van der Waals surface area contributed by atoms with Crippen LogP contribution < -0.4 is 10.2 Å². The number of nitrogens with one attached hydrogen (secondary N) is 1. The summed E-state index contributed by atoms with van der Waals surface area (Å²) in [5.74, 6) is 0.953. The molecule has 1 N–H and O–H groups in total. The number of benzene rings is 2. The minimum atomic E-state index is -0.113. The van der Waals surface area contributed by atoms with Gasteiger partial charge in [-0.1, -0.05) is 57.2 Å². The number of carbonyl (C=O) groups excluding carboxylic acids is 2. The standard InChI is InChI=1S/C29H37N5O3/c1-29(2,3)19-27(35)24-9-7-23(8-10-24)26-20-34(31-15-18-32-17-14-30-21-32)28(36)33(26)16-13-22-5-11-25(37-4)12-6-22/h5-12,14,17,21,26,31H,13,15-16,18-20H2,1-4H3. The molecule has 0 radical (unpaired) electrons. The lowest BCUT2D eigenvalue weighted by Crippen LogP contribution is -2.43. The van der Waals surface area contributed by atoms with E-state index in [9.17, 15) is 9.59 Å². The second kappa shape index (κ2) is 11.6. The fraction of sp³-hybridized carbons (Fsp3) is 0.414. The zero-order valence-electron chi connectivity index (χ0n) is 22.2. The van der Waals surface area contributed by atoms with Crippen LogP contribution in [0.2, 0.25) is 0 Å². The molecular weight excluding hydrogens is 466 g/mol. The molecular formula is C29H37N5O3.